The van der Waals surface area contributed by atoms with Gasteiger partial charge in [0, 0.05) is 16.2 Å². The van der Waals surface area contributed by atoms with E-state index in [0.29, 0.717) is 0 Å². The van der Waals surface area contributed by atoms with Crippen molar-refractivity contribution < 1.29 is 4.79 Å². The normalized spacial score (nSPS) is 20.3. The molecular formula is C30H28N4OS2. The van der Waals surface area contributed by atoms with Crippen LogP contribution >= 0.6 is 23.1 Å². The number of thiophene rings is 1. The zero-order valence-electron chi connectivity index (χ0n) is 20.9. The highest BCUT2D eigenvalue weighted by Gasteiger charge is 2.43. The fourth-order valence-corrected chi connectivity index (χ4v) is 7.37. The lowest BCUT2D eigenvalue weighted by molar-refractivity contribution is -0.130. The van der Waals surface area contributed by atoms with Crippen molar-refractivity contribution in [2.45, 2.75) is 44.2 Å². The summed E-state index contributed by atoms with van der Waals surface area (Å²) in [4.78, 5) is 25.0. The van der Waals surface area contributed by atoms with E-state index in [1.54, 1.807) is 22.7 Å². The molecule has 2 aromatic heterocycles. The summed E-state index contributed by atoms with van der Waals surface area (Å²) < 4.78 is 0. The predicted octanol–water partition coefficient (Wildman–Crippen LogP) is 7.22. The molecular weight excluding hydrogens is 496 g/mol. The summed E-state index contributed by atoms with van der Waals surface area (Å²) in [5, 5.41) is 8.72. The average Bonchev–Trinajstić information content (AvgIpc) is 3.46. The molecule has 6 rings (SSSR count). The minimum absolute atomic E-state index is 0.0104. The van der Waals surface area contributed by atoms with Crippen LogP contribution in [0.25, 0.3) is 16.3 Å². The number of hydrogen-bond donors (Lipinski definition) is 0. The Morgan fingerprint density at radius 3 is 2.62 bits per heavy atom. The van der Waals surface area contributed by atoms with Gasteiger partial charge in [0.25, 0.3) is 5.91 Å². The van der Waals surface area contributed by atoms with Crippen LogP contribution in [0.5, 0.6) is 0 Å². The van der Waals surface area contributed by atoms with Crippen LogP contribution in [-0.4, -0.2) is 32.3 Å². The van der Waals surface area contributed by atoms with Crippen LogP contribution in [0.2, 0.25) is 0 Å². The van der Waals surface area contributed by atoms with Gasteiger partial charge in [-0.2, -0.15) is 5.10 Å². The van der Waals surface area contributed by atoms with Gasteiger partial charge in [0.05, 0.1) is 17.5 Å². The topological polar surface area (TPSA) is 58.5 Å². The molecule has 1 aliphatic heterocycles. The van der Waals surface area contributed by atoms with Gasteiger partial charge in [0.2, 0.25) is 0 Å². The van der Waals surface area contributed by atoms with Crippen molar-refractivity contribution in [1.29, 1.82) is 0 Å². The highest BCUT2D eigenvalue weighted by atomic mass is 32.2. The van der Waals surface area contributed by atoms with E-state index in [9.17, 15) is 4.79 Å². The highest BCUT2D eigenvalue weighted by molar-refractivity contribution is 8.00. The molecule has 2 unspecified atom stereocenters. The Kier molecular flexibility index (Phi) is 6.65. The van der Waals surface area contributed by atoms with E-state index in [-0.39, 0.29) is 23.6 Å². The van der Waals surface area contributed by atoms with Crippen molar-refractivity contribution in [1.82, 2.24) is 15.0 Å². The molecule has 2 aliphatic rings. The summed E-state index contributed by atoms with van der Waals surface area (Å²) in [5.74, 6) is 0.495. The third-order valence-electron chi connectivity index (χ3n) is 7.30. The van der Waals surface area contributed by atoms with E-state index in [4.69, 9.17) is 5.10 Å². The second-order valence-electron chi connectivity index (χ2n) is 9.59. The number of fused-ring (bicyclic) bond motifs is 2. The van der Waals surface area contributed by atoms with E-state index in [0.717, 1.165) is 45.8 Å². The summed E-state index contributed by atoms with van der Waals surface area (Å²) in [7, 11) is 0. The summed E-state index contributed by atoms with van der Waals surface area (Å²) in [6.07, 6.45) is 6.95. The molecule has 0 radical (unpaired) electrons. The molecule has 1 aliphatic carbocycles. The molecule has 1 fully saturated rings. The van der Waals surface area contributed by atoms with Crippen molar-refractivity contribution in [2.75, 3.05) is 5.75 Å². The number of rotatable bonds is 5. The van der Waals surface area contributed by atoms with E-state index in [2.05, 4.69) is 66.3 Å². The Morgan fingerprint density at radius 1 is 1.08 bits per heavy atom. The summed E-state index contributed by atoms with van der Waals surface area (Å²) in [6, 6.07) is 20.7. The zero-order valence-corrected chi connectivity index (χ0v) is 22.6. The SMILES string of the molecule is Cc1sc2ncnc(SCC(=O)N3N=C4C(=Cc5ccccc5)CCCC4C3c3ccccc3)c2c1C. The fourth-order valence-electron chi connectivity index (χ4n) is 5.40. The summed E-state index contributed by atoms with van der Waals surface area (Å²) in [5.41, 5.74) is 5.82. The van der Waals surface area contributed by atoms with Crippen molar-refractivity contribution in [3.63, 3.8) is 0 Å². The first-order chi connectivity index (χ1) is 18.1. The van der Waals surface area contributed by atoms with Gasteiger partial charge >= 0.3 is 0 Å². The number of hydrazone groups is 1. The molecule has 5 nitrogen and oxygen atoms in total. The quantitative estimate of drug-likeness (QED) is 0.204. The van der Waals surface area contributed by atoms with E-state index in [1.165, 1.54) is 33.3 Å². The Morgan fingerprint density at radius 2 is 1.84 bits per heavy atom. The molecule has 0 bridgehead atoms. The largest absolute Gasteiger partial charge is 0.272 e. The molecule has 186 valence electrons. The van der Waals surface area contributed by atoms with Crippen molar-refractivity contribution in [3.05, 3.63) is 94.1 Å². The van der Waals surface area contributed by atoms with Gasteiger partial charge in [-0.05, 0) is 61.4 Å². The second kappa shape index (κ2) is 10.2. The molecule has 3 heterocycles. The van der Waals surface area contributed by atoms with Crippen LogP contribution < -0.4 is 0 Å². The van der Waals surface area contributed by atoms with Gasteiger partial charge in [-0.25, -0.2) is 15.0 Å². The van der Waals surface area contributed by atoms with Crippen LogP contribution in [0.15, 0.2) is 82.7 Å². The van der Waals surface area contributed by atoms with Crippen LogP contribution in [-0.2, 0) is 4.79 Å². The number of allylic oxidation sites excluding steroid dienone is 1. The van der Waals surface area contributed by atoms with Gasteiger partial charge in [0.15, 0.2) is 0 Å². The second-order valence-corrected chi connectivity index (χ2v) is 11.8. The minimum atomic E-state index is -0.0840. The Hall–Kier alpha value is -3.29. The number of aromatic nitrogens is 2. The zero-order chi connectivity index (χ0) is 25.4. The molecule has 1 amide bonds. The van der Waals surface area contributed by atoms with Crippen LogP contribution in [0.4, 0.5) is 0 Å². The third-order valence-corrected chi connectivity index (χ3v) is 9.39. The summed E-state index contributed by atoms with van der Waals surface area (Å²) in [6.45, 7) is 4.21. The van der Waals surface area contributed by atoms with Crippen LogP contribution in [0.3, 0.4) is 0 Å². The fraction of sp³-hybridized carbons (Fsp3) is 0.267. The Bertz CT molecular complexity index is 1510. The average molecular weight is 525 g/mol. The van der Waals surface area contributed by atoms with Gasteiger partial charge in [0.1, 0.15) is 16.2 Å². The Balaban J connectivity index is 1.32. The van der Waals surface area contributed by atoms with E-state index < -0.39 is 0 Å². The number of amides is 1. The van der Waals surface area contributed by atoms with Crippen molar-refractivity contribution in [2.24, 2.45) is 11.0 Å². The molecule has 2 atom stereocenters. The number of carbonyl (C=O) groups is 1. The van der Waals surface area contributed by atoms with E-state index in [1.807, 2.05) is 24.3 Å². The van der Waals surface area contributed by atoms with Gasteiger partial charge in [-0.15, -0.1) is 11.3 Å². The van der Waals surface area contributed by atoms with Crippen LogP contribution in [0.1, 0.15) is 46.9 Å². The predicted molar refractivity (Wildman–Crippen MR) is 153 cm³/mol. The molecule has 4 aromatic rings. The molecule has 0 saturated heterocycles. The number of hydrogen-bond acceptors (Lipinski definition) is 6. The minimum Gasteiger partial charge on any atom is -0.272 e. The molecule has 0 spiro atoms. The van der Waals surface area contributed by atoms with Crippen molar-refractivity contribution >= 4 is 51.0 Å². The maximum Gasteiger partial charge on any atom is 0.253 e. The number of carbonyl (C=O) groups excluding carboxylic acids is 1. The monoisotopic (exact) mass is 524 g/mol. The van der Waals surface area contributed by atoms with Crippen molar-refractivity contribution in [3.8, 4) is 0 Å². The standard InChI is InChI=1S/C30H28N4OS2/c1-19-20(2)37-30-26(19)29(31-18-32-30)36-17-25(35)34-28(22-12-7-4-8-13-22)24-15-9-14-23(27(24)33-34)16-21-10-5-3-6-11-21/h3-8,10-13,16,18,24,28H,9,14-15,17H2,1-2H3. The molecule has 0 N–H and O–H groups in total. The third kappa shape index (κ3) is 4.62. The van der Waals surface area contributed by atoms with Gasteiger partial charge in [-0.3, -0.25) is 4.79 Å². The van der Waals surface area contributed by atoms with E-state index >= 15 is 0 Å². The first kappa shape index (κ1) is 24.1. The van der Waals surface area contributed by atoms with Gasteiger partial charge in [-0.1, -0.05) is 72.4 Å². The first-order valence-electron chi connectivity index (χ1n) is 12.6. The lowest BCUT2D eigenvalue weighted by Crippen LogP contribution is -2.32. The van der Waals surface area contributed by atoms with Crippen LogP contribution in [0, 0.1) is 19.8 Å². The first-order valence-corrected chi connectivity index (χ1v) is 14.5. The molecule has 7 heteroatoms. The number of aryl methyl sites for hydroxylation is 2. The van der Waals surface area contributed by atoms with Gasteiger partial charge < -0.3 is 0 Å². The Labute approximate surface area is 225 Å². The smallest absolute Gasteiger partial charge is 0.253 e. The molecule has 1 saturated carbocycles. The number of nitrogens with zero attached hydrogens (tertiary/aromatic N) is 4. The maximum atomic E-state index is 13.8. The number of thioether (sulfide) groups is 1. The highest BCUT2D eigenvalue weighted by Crippen LogP contribution is 2.45. The number of benzene rings is 2. The lowest BCUT2D eigenvalue weighted by atomic mass is 9.77. The summed E-state index contributed by atoms with van der Waals surface area (Å²) >= 11 is 3.16. The molecule has 37 heavy (non-hydrogen) atoms. The molecule has 2 aromatic carbocycles. The maximum absolute atomic E-state index is 13.8. The lowest BCUT2D eigenvalue weighted by Gasteiger charge is -2.29.